The van der Waals surface area contributed by atoms with Crippen LogP contribution in [0.1, 0.15) is 23.1 Å². The molecule has 1 aromatic heterocycles. The van der Waals surface area contributed by atoms with Gasteiger partial charge in [0.15, 0.2) is 0 Å². The zero-order valence-electron chi connectivity index (χ0n) is 10.8. The number of nitrogens with zero attached hydrogens (tertiary/aromatic N) is 1. The third kappa shape index (κ3) is 1.76. The summed E-state index contributed by atoms with van der Waals surface area (Å²) >= 11 is 0. The largest absolute Gasteiger partial charge is 0.497 e. The van der Waals surface area contributed by atoms with Gasteiger partial charge in [-0.05, 0) is 42.2 Å². The highest BCUT2D eigenvalue weighted by Crippen LogP contribution is 2.44. The number of nitrogen functional groups attached to an aromatic ring is 1. The summed E-state index contributed by atoms with van der Waals surface area (Å²) in [5.74, 6) is 0.738. The van der Waals surface area contributed by atoms with Crippen molar-refractivity contribution < 1.29 is 9.84 Å². The second-order valence-electron chi connectivity index (χ2n) is 4.85. The number of benzene rings is 1. The van der Waals surface area contributed by atoms with E-state index >= 15 is 0 Å². The van der Waals surface area contributed by atoms with Crippen molar-refractivity contribution in [1.82, 2.24) is 4.98 Å². The highest BCUT2D eigenvalue weighted by Gasteiger charge is 2.40. The molecule has 1 aliphatic carbocycles. The summed E-state index contributed by atoms with van der Waals surface area (Å²) in [6.07, 6.45) is 4.71. The van der Waals surface area contributed by atoms with Gasteiger partial charge in [-0.2, -0.15) is 0 Å². The summed E-state index contributed by atoms with van der Waals surface area (Å²) in [7, 11) is 1.62. The summed E-state index contributed by atoms with van der Waals surface area (Å²) in [5, 5.41) is 11.0. The number of nitrogens with two attached hydrogens (primary N) is 1. The Kier molecular flexibility index (Phi) is 2.68. The number of anilines is 1. The fourth-order valence-corrected chi connectivity index (χ4v) is 2.77. The lowest BCUT2D eigenvalue weighted by Gasteiger charge is -2.25. The fourth-order valence-electron chi connectivity index (χ4n) is 2.77. The second kappa shape index (κ2) is 4.24. The van der Waals surface area contributed by atoms with Gasteiger partial charge in [0.05, 0.1) is 7.11 Å². The summed E-state index contributed by atoms with van der Waals surface area (Å²) in [6, 6.07) is 7.51. The van der Waals surface area contributed by atoms with Gasteiger partial charge in [0.25, 0.3) is 0 Å². The Morgan fingerprint density at radius 1 is 1.32 bits per heavy atom. The molecule has 2 aromatic rings. The molecule has 1 unspecified atom stereocenters. The van der Waals surface area contributed by atoms with Crippen molar-refractivity contribution in [2.45, 2.75) is 18.4 Å². The zero-order valence-corrected chi connectivity index (χ0v) is 10.8. The number of fused-ring (bicyclic) bond motifs is 1. The van der Waals surface area contributed by atoms with Gasteiger partial charge in [0, 0.05) is 23.6 Å². The number of hydrogen-bond acceptors (Lipinski definition) is 4. The normalized spacial score (nSPS) is 21.2. The summed E-state index contributed by atoms with van der Waals surface area (Å²) in [5.41, 5.74) is 8.14. The van der Waals surface area contributed by atoms with E-state index in [0.717, 1.165) is 23.3 Å². The lowest BCUT2D eigenvalue weighted by atomic mass is 9.88. The Labute approximate surface area is 111 Å². The van der Waals surface area contributed by atoms with Crippen LogP contribution in [0.4, 0.5) is 5.69 Å². The van der Waals surface area contributed by atoms with Crippen LogP contribution in [0.5, 0.6) is 5.75 Å². The molecule has 1 aromatic carbocycles. The maximum Gasteiger partial charge on any atom is 0.119 e. The van der Waals surface area contributed by atoms with Crippen molar-refractivity contribution in [2.24, 2.45) is 0 Å². The molecule has 4 nitrogen and oxygen atoms in total. The predicted octanol–water partition coefficient (Wildman–Crippen LogP) is 1.85. The molecule has 1 aliphatic rings. The van der Waals surface area contributed by atoms with Crippen LogP contribution in [0.2, 0.25) is 0 Å². The van der Waals surface area contributed by atoms with Gasteiger partial charge in [-0.15, -0.1) is 0 Å². The minimum Gasteiger partial charge on any atom is -0.497 e. The van der Waals surface area contributed by atoms with Gasteiger partial charge >= 0.3 is 0 Å². The Bertz CT molecular complexity index is 627. The van der Waals surface area contributed by atoms with Gasteiger partial charge in [0.2, 0.25) is 0 Å². The van der Waals surface area contributed by atoms with Gasteiger partial charge in [0.1, 0.15) is 11.4 Å². The summed E-state index contributed by atoms with van der Waals surface area (Å²) < 4.78 is 5.24. The van der Waals surface area contributed by atoms with Crippen molar-refractivity contribution >= 4 is 5.69 Å². The molecule has 1 heterocycles. The van der Waals surface area contributed by atoms with E-state index in [9.17, 15) is 5.11 Å². The Hall–Kier alpha value is -2.07. The number of aromatic nitrogens is 1. The quantitative estimate of drug-likeness (QED) is 0.860. The Morgan fingerprint density at radius 2 is 2.16 bits per heavy atom. The average Bonchev–Trinajstić information content (AvgIpc) is 2.77. The zero-order chi connectivity index (χ0) is 13.5. The first-order valence-corrected chi connectivity index (χ1v) is 6.25. The van der Waals surface area contributed by atoms with Gasteiger partial charge in [-0.3, -0.25) is 4.98 Å². The molecule has 0 radical (unpaired) electrons. The van der Waals surface area contributed by atoms with Crippen molar-refractivity contribution in [1.29, 1.82) is 0 Å². The average molecular weight is 256 g/mol. The third-order valence-corrected chi connectivity index (χ3v) is 3.82. The molecule has 0 fully saturated rings. The van der Waals surface area contributed by atoms with E-state index in [0.29, 0.717) is 17.7 Å². The molecular weight excluding hydrogens is 240 g/mol. The van der Waals surface area contributed by atoms with Crippen LogP contribution in [0.3, 0.4) is 0 Å². The van der Waals surface area contributed by atoms with Crippen LogP contribution in [-0.2, 0) is 12.0 Å². The van der Waals surface area contributed by atoms with Crippen LogP contribution in [0, 0.1) is 0 Å². The maximum absolute atomic E-state index is 11.0. The molecule has 4 heteroatoms. The highest BCUT2D eigenvalue weighted by molar-refractivity contribution is 5.56. The minimum absolute atomic E-state index is 0.563. The second-order valence-corrected chi connectivity index (χ2v) is 4.85. The SMILES string of the molecule is COc1ccc2c(c1)C(O)(c1cnccc1N)CC2. The van der Waals surface area contributed by atoms with E-state index in [1.165, 1.54) is 0 Å². The highest BCUT2D eigenvalue weighted by atomic mass is 16.5. The number of pyridine rings is 1. The molecule has 98 valence electrons. The van der Waals surface area contributed by atoms with Crippen molar-refractivity contribution in [3.63, 3.8) is 0 Å². The lowest BCUT2D eigenvalue weighted by molar-refractivity contribution is 0.0831. The number of aliphatic hydroxyl groups is 1. The Balaban J connectivity index is 2.17. The van der Waals surface area contributed by atoms with Crippen molar-refractivity contribution in [3.05, 3.63) is 53.3 Å². The molecule has 3 N–H and O–H groups in total. The monoisotopic (exact) mass is 256 g/mol. The smallest absolute Gasteiger partial charge is 0.119 e. The van der Waals surface area contributed by atoms with E-state index in [4.69, 9.17) is 10.5 Å². The first-order valence-electron chi connectivity index (χ1n) is 6.25. The minimum atomic E-state index is -1.07. The molecule has 1 atom stereocenters. The topological polar surface area (TPSA) is 68.4 Å². The van der Waals surface area contributed by atoms with Crippen molar-refractivity contribution in [3.8, 4) is 5.75 Å². The summed E-state index contributed by atoms with van der Waals surface area (Å²) in [4.78, 5) is 4.08. The number of rotatable bonds is 2. The van der Waals surface area contributed by atoms with E-state index in [1.807, 2.05) is 18.2 Å². The predicted molar refractivity (Wildman–Crippen MR) is 73.0 cm³/mol. The standard InChI is InChI=1S/C15H16N2O2/c1-19-11-3-2-10-4-6-15(18,12(10)8-11)13-9-17-7-5-14(13)16/h2-3,5,7-9,18H,4,6H2,1H3,(H2,16,17). The van der Waals surface area contributed by atoms with Crippen LogP contribution < -0.4 is 10.5 Å². The molecule has 0 saturated carbocycles. The molecule has 19 heavy (non-hydrogen) atoms. The molecule has 0 aliphatic heterocycles. The van der Waals surface area contributed by atoms with Gasteiger partial charge in [-0.1, -0.05) is 6.07 Å². The molecular formula is C15H16N2O2. The van der Waals surface area contributed by atoms with E-state index in [2.05, 4.69) is 4.98 Å². The fraction of sp³-hybridized carbons (Fsp3) is 0.267. The van der Waals surface area contributed by atoms with E-state index in [-0.39, 0.29) is 0 Å². The molecule has 0 bridgehead atoms. The number of methoxy groups -OCH3 is 1. The van der Waals surface area contributed by atoms with Crippen LogP contribution in [0.25, 0.3) is 0 Å². The van der Waals surface area contributed by atoms with E-state index < -0.39 is 5.60 Å². The molecule has 3 rings (SSSR count). The summed E-state index contributed by atoms with van der Waals surface area (Å²) in [6.45, 7) is 0. The van der Waals surface area contributed by atoms with Crippen molar-refractivity contribution in [2.75, 3.05) is 12.8 Å². The van der Waals surface area contributed by atoms with Crippen LogP contribution in [0.15, 0.2) is 36.7 Å². The van der Waals surface area contributed by atoms with Gasteiger partial charge in [-0.25, -0.2) is 0 Å². The third-order valence-electron chi connectivity index (χ3n) is 3.82. The molecule has 0 amide bonds. The van der Waals surface area contributed by atoms with E-state index in [1.54, 1.807) is 25.6 Å². The Morgan fingerprint density at radius 3 is 2.89 bits per heavy atom. The first-order chi connectivity index (χ1) is 9.15. The number of ether oxygens (including phenoxy) is 1. The maximum atomic E-state index is 11.0. The molecule has 0 spiro atoms. The van der Waals surface area contributed by atoms with Crippen LogP contribution in [-0.4, -0.2) is 17.2 Å². The number of aryl methyl sites for hydroxylation is 1. The lowest BCUT2D eigenvalue weighted by Crippen LogP contribution is -2.25. The van der Waals surface area contributed by atoms with Crippen LogP contribution >= 0.6 is 0 Å². The first kappa shape index (κ1) is 12.0. The number of hydrogen-bond donors (Lipinski definition) is 2. The molecule has 0 saturated heterocycles. The van der Waals surface area contributed by atoms with Gasteiger partial charge < -0.3 is 15.6 Å².